The van der Waals surface area contributed by atoms with E-state index in [9.17, 15) is 0 Å². The number of rotatable bonds is 5. The van der Waals surface area contributed by atoms with Gasteiger partial charge in [0.15, 0.2) is 0 Å². The first kappa shape index (κ1) is 14.3. The molecule has 0 amide bonds. The Morgan fingerprint density at radius 3 is 2.44 bits per heavy atom. The molecule has 0 aliphatic heterocycles. The van der Waals surface area contributed by atoms with Gasteiger partial charge < -0.3 is 10.1 Å². The zero-order valence-electron chi connectivity index (χ0n) is 12.7. The first-order chi connectivity index (χ1) is 8.48. The van der Waals surface area contributed by atoms with Gasteiger partial charge in [-0.25, -0.2) is 0 Å². The van der Waals surface area contributed by atoms with Crippen LogP contribution in [0.2, 0.25) is 0 Å². The highest BCUT2D eigenvalue weighted by atomic mass is 16.5. The van der Waals surface area contributed by atoms with Crippen molar-refractivity contribution in [1.82, 2.24) is 5.32 Å². The SMILES string of the molecule is CCCNC1CC(OC2CC(C)CC(C)(C)C2)C1. The summed E-state index contributed by atoms with van der Waals surface area (Å²) >= 11 is 0. The molecule has 2 atom stereocenters. The molecule has 2 aliphatic carbocycles. The molecule has 0 spiro atoms. The van der Waals surface area contributed by atoms with Gasteiger partial charge in [0, 0.05) is 6.04 Å². The lowest BCUT2D eigenvalue weighted by Crippen LogP contribution is -2.48. The summed E-state index contributed by atoms with van der Waals surface area (Å²) in [4.78, 5) is 0. The molecule has 1 N–H and O–H groups in total. The van der Waals surface area contributed by atoms with Crippen molar-refractivity contribution in [2.24, 2.45) is 11.3 Å². The van der Waals surface area contributed by atoms with Crippen LogP contribution in [0.5, 0.6) is 0 Å². The maximum atomic E-state index is 6.30. The Morgan fingerprint density at radius 1 is 1.11 bits per heavy atom. The molecular weight excluding hydrogens is 222 g/mol. The molecule has 2 aliphatic rings. The van der Waals surface area contributed by atoms with Crippen LogP contribution in [-0.4, -0.2) is 24.8 Å². The third kappa shape index (κ3) is 3.96. The summed E-state index contributed by atoms with van der Waals surface area (Å²) in [6, 6.07) is 0.726. The zero-order valence-corrected chi connectivity index (χ0v) is 12.7. The number of ether oxygens (including phenoxy) is 1. The van der Waals surface area contributed by atoms with Crippen LogP contribution in [0, 0.1) is 11.3 Å². The van der Waals surface area contributed by atoms with Crippen LogP contribution in [0.3, 0.4) is 0 Å². The van der Waals surface area contributed by atoms with E-state index in [-0.39, 0.29) is 0 Å². The van der Waals surface area contributed by atoms with E-state index in [1.165, 1.54) is 38.5 Å². The molecule has 0 radical (unpaired) electrons. The average molecular weight is 253 g/mol. The van der Waals surface area contributed by atoms with Crippen LogP contribution in [-0.2, 0) is 4.74 Å². The van der Waals surface area contributed by atoms with Crippen molar-refractivity contribution in [3.8, 4) is 0 Å². The van der Waals surface area contributed by atoms with Gasteiger partial charge in [-0.1, -0.05) is 27.7 Å². The van der Waals surface area contributed by atoms with Crippen molar-refractivity contribution in [2.45, 2.75) is 84.5 Å². The molecule has 106 valence electrons. The van der Waals surface area contributed by atoms with Crippen molar-refractivity contribution in [3.05, 3.63) is 0 Å². The van der Waals surface area contributed by atoms with Gasteiger partial charge in [0.25, 0.3) is 0 Å². The fourth-order valence-corrected chi connectivity index (χ4v) is 3.83. The van der Waals surface area contributed by atoms with Crippen LogP contribution in [0.1, 0.15) is 66.2 Å². The minimum absolute atomic E-state index is 0.478. The Morgan fingerprint density at radius 2 is 1.83 bits per heavy atom. The molecule has 0 aromatic heterocycles. The van der Waals surface area contributed by atoms with Crippen molar-refractivity contribution in [1.29, 1.82) is 0 Å². The molecule has 0 bridgehead atoms. The van der Waals surface area contributed by atoms with Crippen molar-refractivity contribution in [3.63, 3.8) is 0 Å². The molecule has 0 saturated heterocycles. The number of hydrogen-bond donors (Lipinski definition) is 1. The summed E-state index contributed by atoms with van der Waals surface area (Å²) in [5.41, 5.74) is 0.478. The maximum Gasteiger partial charge on any atom is 0.0608 e. The largest absolute Gasteiger partial charge is 0.375 e. The van der Waals surface area contributed by atoms with Gasteiger partial charge in [-0.2, -0.15) is 0 Å². The summed E-state index contributed by atoms with van der Waals surface area (Å²) < 4.78 is 6.30. The highest BCUT2D eigenvalue weighted by Gasteiger charge is 2.36. The second-order valence-corrected chi connectivity index (χ2v) is 7.42. The molecule has 2 unspecified atom stereocenters. The van der Waals surface area contributed by atoms with Gasteiger partial charge in [0.1, 0.15) is 0 Å². The van der Waals surface area contributed by atoms with Crippen molar-refractivity contribution >= 4 is 0 Å². The van der Waals surface area contributed by atoms with Crippen LogP contribution in [0.25, 0.3) is 0 Å². The smallest absolute Gasteiger partial charge is 0.0608 e. The predicted octanol–water partition coefficient (Wildman–Crippen LogP) is 3.75. The average Bonchev–Trinajstić information content (AvgIpc) is 2.18. The van der Waals surface area contributed by atoms with Gasteiger partial charge in [0.05, 0.1) is 12.2 Å². The van der Waals surface area contributed by atoms with Crippen molar-refractivity contribution < 1.29 is 4.74 Å². The first-order valence-electron chi connectivity index (χ1n) is 7.87. The van der Waals surface area contributed by atoms with Crippen LogP contribution < -0.4 is 5.32 Å². The molecule has 2 nitrogen and oxygen atoms in total. The molecule has 18 heavy (non-hydrogen) atoms. The minimum Gasteiger partial charge on any atom is -0.375 e. The second-order valence-electron chi connectivity index (χ2n) is 7.42. The standard InChI is InChI=1S/C16H31NO/c1-5-6-17-13-8-14(9-13)18-15-7-12(2)10-16(3,4)11-15/h12-15,17H,5-11H2,1-4H3. The normalized spacial score (nSPS) is 39.3. The molecule has 2 saturated carbocycles. The van der Waals surface area contributed by atoms with E-state index in [2.05, 4.69) is 33.0 Å². The Bertz CT molecular complexity index is 258. The molecular formula is C16H31NO. The third-order valence-corrected chi connectivity index (χ3v) is 4.51. The predicted molar refractivity (Wildman–Crippen MR) is 76.8 cm³/mol. The Balaban J connectivity index is 1.68. The lowest BCUT2D eigenvalue weighted by Gasteiger charge is -2.43. The molecule has 0 heterocycles. The summed E-state index contributed by atoms with van der Waals surface area (Å²) in [5.74, 6) is 0.827. The Hall–Kier alpha value is -0.0800. The Labute approximate surface area is 113 Å². The number of hydrogen-bond acceptors (Lipinski definition) is 2. The lowest BCUT2D eigenvalue weighted by atomic mass is 9.71. The minimum atomic E-state index is 0.478. The second kappa shape index (κ2) is 5.92. The molecule has 2 heteroatoms. The first-order valence-corrected chi connectivity index (χ1v) is 7.87. The summed E-state index contributed by atoms with van der Waals surface area (Å²) in [7, 11) is 0. The maximum absolute atomic E-state index is 6.30. The highest BCUT2D eigenvalue weighted by molar-refractivity contribution is 4.89. The summed E-state index contributed by atoms with van der Waals surface area (Å²) in [6.45, 7) is 10.6. The summed E-state index contributed by atoms with van der Waals surface area (Å²) in [6.07, 6.45) is 8.62. The van der Waals surface area contributed by atoms with Crippen LogP contribution in [0.4, 0.5) is 0 Å². The van der Waals surface area contributed by atoms with E-state index in [0.29, 0.717) is 17.6 Å². The van der Waals surface area contributed by atoms with Gasteiger partial charge >= 0.3 is 0 Å². The number of nitrogens with one attached hydrogen (secondary N) is 1. The molecule has 0 aromatic carbocycles. The lowest BCUT2D eigenvalue weighted by molar-refractivity contribution is -0.101. The fraction of sp³-hybridized carbons (Fsp3) is 1.00. The van der Waals surface area contributed by atoms with Gasteiger partial charge in [-0.05, 0) is 56.4 Å². The van der Waals surface area contributed by atoms with Crippen molar-refractivity contribution in [2.75, 3.05) is 6.54 Å². The molecule has 2 rings (SSSR count). The van der Waals surface area contributed by atoms with E-state index in [1.807, 2.05) is 0 Å². The van der Waals surface area contributed by atoms with E-state index in [4.69, 9.17) is 4.74 Å². The summed E-state index contributed by atoms with van der Waals surface area (Å²) in [5, 5.41) is 3.58. The monoisotopic (exact) mass is 253 g/mol. The Kier molecular flexibility index (Phi) is 4.71. The van der Waals surface area contributed by atoms with E-state index in [0.717, 1.165) is 18.5 Å². The third-order valence-electron chi connectivity index (χ3n) is 4.51. The van der Waals surface area contributed by atoms with Gasteiger partial charge in [0.2, 0.25) is 0 Å². The topological polar surface area (TPSA) is 21.3 Å². The van der Waals surface area contributed by atoms with E-state index < -0.39 is 0 Å². The van der Waals surface area contributed by atoms with E-state index in [1.54, 1.807) is 0 Å². The van der Waals surface area contributed by atoms with Gasteiger partial charge in [-0.3, -0.25) is 0 Å². The molecule has 2 fully saturated rings. The zero-order chi connectivity index (χ0) is 13.2. The quantitative estimate of drug-likeness (QED) is 0.805. The van der Waals surface area contributed by atoms with E-state index >= 15 is 0 Å². The van der Waals surface area contributed by atoms with Crippen LogP contribution >= 0.6 is 0 Å². The highest BCUT2D eigenvalue weighted by Crippen LogP contribution is 2.41. The fourth-order valence-electron chi connectivity index (χ4n) is 3.83. The molecule has 0 aromatic rings. The van der Waals surface area contributed by atoms with Gasteiger partial charge in [-0.15, -0.1) is 0 Å². The van der Waals surface area contributed by atoms with Crippen LogP contribution in [0.15, 0.2) is 0 Å².